The van der Waals surface area contributed by atoms with Crippen molar-refractivity contribution in [1.82, 2.24) is 4.90 Å². The Kier molecular flexibility index (Phi) is 4.42. The summed E-state index contributed by atoms with van der Waals surface area (Å²) in [6.45, 7) is 6.02. The Morgan fingerprint density at radius 3 is 2.83 bits per heavy atom. The maximum Gasteiger partial charge on any atom is 0.157 e. The Balaban J connectivity index is 1.46. The fraction of sp³-hybridized carbons (Fsp3) is 0.700. The lowest BCUT2D eigenvalue weighted by atomic mass is 9.92. The molecule has 2 aliphatic heterocycles. The number of rotatable bonds is 6. The summed E-state index contributed by atoms with van der Waals surface area (Å²) in [4.78, 5) is 2.51. The van der Waals surface area contributed by atoms with E-state index in [1.54, 1.807) is 0 Å². The second kappa shape index (κ2) is 6.41. The quantitative estimate of drug-likeness (QED) is 0.870. The molecule has 24 heavy (non-hydrogen) atoms. The monoisotopic (exact) mass is 331 g/mol. The van der Waals surface area contributed by atoms with Crippen molar-refractivity contribution in [3.8, 4) is 0 Å². The van der Waals surface area contributed by atoms with E-state index in [0.717, 1.165) is 39.0 Å². The number of aliphatic hydroxyl groups is 1. The van der Waals surface area contributed by atoms with Crippen molar-refractivity contribution in [2.45, 2.75) is 51.5 Å². The number of ether oxygens (including phenoxy) is 2. The Morgan fingerprint density at radius 1 is 1.29 bits per heavy atom. The highest BCUT2D eigenvalue weighted by atomic mass is 16.7. The topological polar surface area (TPSA) is 41.9 Å². The molecular weight excluding hydrogens is 302 g/mol. The minimum absolute atomic E-state index is 0.0104. The molecule has 2 saturated heterocycles. The van der Waals surface area contributed by atoms with Crippen LogP contribution in [-0.2, 0) is 16.0 Å². The fourth-order valence-electron chi connectivity index (χ4n) is 4.94. The molecule has 0 bridgehead atoms. The Morgan fingerprint density at radius 2 is 2.12 bits per heavy atom. The third kappa shape index (κ3) is 2.80. The lowest BCUT2D eigenvalue weighted by Gasteiger charge is -2.33. The van der Waals surface area contributed by atoms with Crippen LogP contribution in [0.3, 0.4) is 0 Å². The van der Waals surface area contributed by atoms with Crippen LogP contribution >= 0.6 is 0 Å². The van der Waals surface area contributed by atoms with Gasteiger partial charge in [-0.15, -0.1) is 0 Å². The molecule has 132 valence electrons. The van der Waals surface area contributed by atoms with Gasteiger partial charge in [-0.25, -0.2) is 0 Å². The molecule has 4 rings (SSSR count). The SMILES string of the molecule is CC12CN(Cc3ccccc3)C(COC3CCCCO3)C1(CO)C2. The minimum Gasteiger partial charge on any atom is -0.396 e. The van der Waals surface area contributed by atoms with Crippen molar-refractivity contribution < 1.29 is 14.6 Å². The van der Waals surface area contributed by atoms with Crippen LogP contribution in [0.2, 0.25) is 0 Å². The molecule has 4 atom stereocenters. The standard InChI is InChI=1S/C20H29NO3/c1-19-13-20(19,15-22)17(12-24-18-9-5-6-10-23-18)21(14-19)11-16-7-3-2-4-8-16/h2-4,7-8,17-18,22H,5-6,9-15H2,1H3. The van der Waals surface area contributed by atoms with Crippen LogP contribution in [-0.4, -0.2) is 48.7 Å². The maximum absolute atomic E-state index is 10.1. The molecule has 3 fully saturated rings. The van der Waals surface area contributed by atoms with Gasteiger partial charge in [0.05, 0.1) is 13.2 Å². The van der Waals surface area contributed by atoms with Crippen LogP contribution < -0.4 is 0 Å². The van der Waals surface area contributed by atoms with E-state index in [1.165, 1.54) is 12.0 Å². The van der Waals surface area contributed by atoms with E-state index in [4.69, 9.17) is 9.47 Å². The van der Waals surface area contributed by atoms with Crippen molar-refractivity contribution in [3.05, 3.63) is 35.9 Å². The molecule has 0 aromatic heterocycles. The average Bonchev–Trinajstić information content (AvgIpc) is 3.14. The van der Waals surface area contributed by atoms with E-state index in [-0.39, 0.29) is 29.8 Å². The summed E-state index contributed by atoms with van der Waals surface area (Å²) < 4.78 is 11.9. The van der Waals surface area contributed by atoms with Gasteiger partial charge >= 0.3 is 0 Å². The Labute approximate surface area is 144 Å². The number of hydrogen-bond acceptors (Lipinski definition) is 4. The van der Waals surface area contributed by atoms with Gasteiger partial charge < -0.3 is 14.6 Å². The van der Waals surface area contributed by atoms with Gasteiger partial charge in [0.25, 0.3) is 0 Å². The zero-order valence-corrected chi connectivity index (χ0v) is 14.6. The van der Waals surface area contributed by atoms with Crippen LogP contribution in [0.4, 0.5) is 0 Å². The smallest absolute Gasteiger partial charge is 0.157 e. The van der Waals surface area contributed by atoms with Crippen LogP contribution in [0.5, 0.6) is 0 Å². The summed E-state index contributed by atoms with van der Waals surface area (Å²) in [5.74, 6) is 0. The van der Waals surface area contributed by atoms with Crippen molar-refractivity contribution in [2.24, 2.45) is 10.8 Å². The third-order valence-electron chi connectivity index (χ3n) is 6.50. The van der Waals surface area contributed by atoms with Crippen LogP contribution in [0, 0.1) is 10.8 Å². The lowest BCUT2D eigenvalue weighted by molar-refractivity contribution is -0.174. The van der Waals surface area contributed by atoms with Crippen molar-refractivity contribution in [3.63, 3.8) is 0 Å². The first kappa shape index (κ1) is 16.5. The zero-order valence-electron chi connectivity index (χ0n) is 14.6. The molecule has 0 radical (unpaired) electrons. The molecule has 1 aromatic rings. The zero-order chi connectivity index (χ0) is 16.6. The molecule has 2 heterocycles. The number of benzene rings is 1. The van der Waals surface area contributed by atoms with Gasteiger partial charge in [-0.3, -0.25) is 4.90 Å². The number of nitrogens with zero attached hydrogens (tertiary/aromatic N) is 1. The predicted octanol–water partition coefficient (Wildman–Crippen LogP) is 2.80. The van der Waals surface area contributed by atoms with Crippen LogP contribution in [0.15, 0.2) is 30.3 Å². The summed E-state index contributed by atoms with van der Waals surface area (Å²) in [7, 11) is 0. The van der Waals surface area contributed by atoms with Gasteiger partial charge in [0, 0.05) is 31.2 Å². The average molecular weight is 331 g/mol. The van der Waals surface area contributed by atoms with Crippen molar-refractivity contribution >= 4 is 0 Å². The molecule has 1 aliphatic carbocycles. The van der Waals surface area contributed by atoms with E-state index in [9.17, 15) is 5.11 Å². The predicted molar refractivity (Wildman–Crippen MR) is 92.4 cm³/mol. The summed E-state index contributed by atoms with van der Waals surface area (Å²) >= 11 is 0. The summed E-state index contributed by atoms with van der Waals surface area (Å²) in [6, 6.07) is 10.9. The molecule has 1 saturated carbocycles. The Hall–Kier alpha value is -0.940. The van der Waals surface area contributed by atoms with Gasteiger partial charge in [-0.05, 0) is 36.7 Å². The number of likely N-dealkylation sites (tertiary alicyclic amines) is 1. The highest BCUT2D eigenvalue weighted by Crippen LogP contribution is 2.70. The van der Waals surface area contributed by atoms with E-state index in [2.05, 4.69) is 42.2 Å². The number of piperidine rings is 1. The molecule has 4 nitrogen and oxygen atoms in total. The molecule has 1 aromatic carbocycles. The number of aliphatic hydroxyl groups excluding tert-OH is 1. The molecular formula is C20H29NO3. The lowest BCUT2D eigenvalue weighted by Crippen LogP contribution is -2.42. The minimum atomic E-state index is -0.0568. The first-order chi connectivity index (χ1) is 11.7. The molecule has 4 heteroatoms. The molecule has 0 amide bonds. The number of fused-ring (bicyclic) bond motifs is 1. The second-order valence-corrected chi connectivity index (χ2v) is 8.09. The van der Waals surface area contributed by atoms with Gasteiger partial charge in [0.15, 0.2) is 6.29 Å². The van der Waals surface area contributed by atoms with E-state index in [1.807, 2.05) is 0 Å². The maximum atomic E-state index is 10.1. The van der Waals surface area contributed by atoms with E-state index >= 15 is 0 Å². The van der Waals surface area contributed by atoms with Gasteiger partial charge in [0.1, 0.15) is 0 Å². The van der Waals surface area contributed by atoms with Crippen molar-refractivity contribution in [1.29, 1.82) is 0 Å². The fourth-order valence-corrected chi connectivity index (χ4v) is 4.94. The summed E-state index contributed by atoms with van der Waals surface area (Å²) in [5.41, 5.74) is 1.57. The largest absolute Gasteiger partial charge is 0.396 e. The van der Waals surface area contributed by atoms with E-state index in [0.29, 0.717) is 6.61 Å². The highest BCUT2D eigenvalue weighted by Gasteiger charge is 2.73. The first-order valence-electron chi connectivity index (χ1n) is 9.29. The first-order valence-corrected chi connectivity index (χ1v) is 9.29. The normalized spacial score (nSPS) is 38.9. The molecule has 1 N–H and O–H groups in total. The van der Waals surface area contributed by atoms with Gasteiger partial charge in [-0.1, -0.05) is 37.3 Å². The van der Waals surface area contributed by atoms with Crippen molar-refractivity contribution in [2.75, 3.05) is 26.4 Å². The molecule has 4 unspecified atom stereocenters. The second-order valence-electron chi connectivity index (χ2n) is 8.09. The summed E-state index contributed by atoms with van der Waals surface area (Å²) in [5, 5.41) is 10.1. The molecule has 3 aliphatic rings. The third-order valence-corrected chi connectivity index (χ3v) is 6.50. The highest BCUT2D eigenvalue weighted by molar-refractivity contribution is 5.25. The van der Waals surface area contributed by atoms with Crippen LogP contribution in [0.1, 0.15) is 38.2 Å². The van der Waals surface area contributed by atoms with Gasteiger partial charge in [0.2, 0.25) is 0 Å². The van der Waals surface area contributed by atoms with Crippen LogP contribution in [0.25, 0.3) is 0 Å². The van der Waals surface area contributed by atoms with E-state index < -0.39 is 0 Å². The van der Waals surface area contributed by atoms with Gasteiger partial charge in [-0.2, -0.15) is 0 Å². The summed E-state index contributed by atoms with van der Waals surface area (Å²) in [6.07, 6.45) is 4.38. The Bertz CT molecular complexity index is 559. The number of hydrogen-bond donors (Lipinski definition) is 1. The molecule has 0 spiro atoms.